The first-order valence-corrected chi connectivity index (χ1v) is 2.73. The summed E-state index contributed by atoms with van der Waals surface area (Å²) in [6.45, 7) is 0. The van der Waals surface area contributed by atoms with Crippen molar-refractivity contribution in [3.05, 3.63) is 0 Å². The first-order chi connectivity index (χ1) is 3.25. The van der Waals surface area contributed by atoms with Crippen LogP contribution >= 0.6 is 0 Å². The highest BCUT2D eigenvalue weighted by atomic mass is 32.2. The van der Waals surface area contributed by atoms with Gasteiger partial charge in [0.15, 0.2) is 0 Å². The molecule has 0 radical (unpaired) electrons. The van der Waals surface area contributed by atoms with Crippen molar-refractivity contribution in [2.45, 2.75) is 5.51 Å². The van der Waals surface area contributed by atoms with E-state index in [1.807, 2.05) is 0 Å². The lowest BCUT2D eigenvalue weighted by atomic mass is 11.6. The van der Waals surface area contributed by atoms with Crippen LogP contribution in [0.15, 0.2) is 0 Å². The molecule has 10 heavy (non-hydrogen) atoms. The Morgan fingerprint density at radius 3 is 1.20 bits per heavy atom. The van der Waals surface area contributed by atoms with Crippen molar-refractivity contribution in [1.82, 2.24) is 0 Å². The van der Waals surface area contributed by atoms with Crippen LogP contribution in [0.4, 0.5) is 22.6 Å². The van der Waals surface area contributed by atoms with Crippen molar-refractivity contribution < 1.29 is 35.6 Å². The molecule has 0 spiro atoms. The number of halogens is 5. The molecule has 0 fully saturated rings. The average molecular weight is 190 g/mol. The van der Waals surface area contributed by atoms with Crippen molar-refractivity contribution in [2.24, 2.45) is 0 Å². The summed E-state index contributed by atoms with van der Waals surface area (Å²) in [5.74, 6) is 0. The molecule has 0 aliphatic rings. The van der Waals surface area contributed by atoms with Crippen LogP contribution in [0.2, 0.25) is 0 Å². The fraction of sp³-hybridized carbons (Fsp3) is 1.00. The Kier molecular flexibility index (Phi) is 5.96. The molecule has 0 atom stereocenters. The van der Waals surface area contributed by atoms with Gasteiger partial charge in [0, 0.05) is 0 Å². The number of alkyl halides is 3. The molecule has 0 amide bonds. The van der Waals surface area contributed by atoms with Gasteiger partial charge in [-0.2, -0.15) is 21.6 Å². The van der Waals surface area contributed by atoms with E-state index in [1.54, 1.807) is 0 Å². The highest BCUT2D eigenvalue weighted by Crippen LogP contribution is 2.20. The topological polar surface area (TPSA) is 54.4 Å². The van der Waals surface area contributed by atoms with Crippen LogP contribution in [0.1, 0.15) is 0 Å². The Balaban J connectivity index is -0.000000245. The normalized spacial score (nSPS) is 11.2. The Labute approximate surface area is 52.3 Å². The first-order valence-electron chi connectivity index (χ1n) is 1.29. The van der Waals surface area contributed by atoms with Crippen molar-refractivity contribution in [2.75, 3.05) is 0 Å². The molecule has 3 nitrogen and oxygen atoms in total. The molecule has 9 heteroatoms. The highest BCUT2D eigenvalue weighted by Gasteiger charge is 2.44. The van der Waals surface area contributed by atoms with Crippen molar-refractivity contribution in [3.8, 4) is 0 Å². The van der Waals surface area contributed by atoms with E-state index in [-0.39, 0.29) is 9.41 Å². The summed E-state index contributed by atoms with van der Waals surface area (Å²) in [5, 5.41) is 0. The molecule has 0 heterocycles. The minimum absolute atomic E-state index is 0. The molecule has 0 aromatic carbocycles. The monoisotopic (exact) mass is 190 g/mol. The van der Waals surface area contributed by atoms with Crippen LogP contribution in [0, 0.1) is 0 Å². The highest BCUT2D eigenvalue weighted by molar-refractivity contribution is 7.86. The van der Waals surface area contributed by atoms with Crippen molar-refractivity contribution in [3.63, 3.8) is 0 Å². The number of hydrogen-bond acceptors (Lipinski definition) is 2. The molecular formula is CH3F5O3S. The van der Waals surface area contributed by atoms with Gasteiger partial charge in [0.1, 0.15) is 0 Å². The van der Waals surface area contributed by atoms with Gasteiger partial charge >= 0.3 is 15.6 Å². The number of hydrogen-bond donors (Lipinski definition) is 1. The van der Waals surface area contributed by atoms with Gasteiger partial charge in [-0.3, -0.25) is 14.0 Å². The standard InChI is InChI=1S/CHF3O3S.2FH/c2-1(3,4)8(5,6)7;;/h(H,5,6,7);2*1H. The molecule has 0 bridgehead atoms. The van der Waals surface area contributed by atoms with Crippen LogP contribution < -0.4 is 0 Å². The van der Waals surface area contributed by atoms with Crippen LogP contribution in [-0.4, -0.2) is 18.5 Å². The third-order valence-corrected chi connectivity index (χ3v) is 0.877. The largest absolute Gasteiger partial charge is 0.522 e. The molecule has 0 aromatic rings. The van der Waals surface area contributed by atoms with Gasteiger partial charge in [0.05, 0.1) is 0 Å². The quantitative estimate of drug-likeness (QED) is 0.347. The maximum absolute atomic E-state index is 10.7. The lowest BCUT2D eigenvalue weighted by Gasteiger charge is -1.97. The third-order valence-electron chi connectivity index (χ3n) is 0.292. The van der Waals surface area contributed by atoms with Gasteiger partial charge in [-0.15, -0.1) is 0 Å². The van der Waals surface area contributed by atoms with Gasteiger partial charge in [-0.1, -0.05) is 0 Å². The predicted molar refractivity (Wildman–Crippen MR) is 22.6 cm³/mol. The molecule has 0 aliphatic carbocycles. The Bertz CT molecular complexity index is 166. The van der Waals surface area contributed by atoms with Gasteiger partial charge < -0.3 is 0 Å². The summed E-state index contributed by atoms with van der Waals surface area (Å²) < 4.78 is 57.5. The zero-order valence-electron chi connectivity index (χ0n) is 4.12. The van der Waals surface area contributed by atoms with E-state index in [4.69, 9.17) is 13.0 Å². The van der Waals surface area contributed by atoms with Crippen LogP contribution in [0.5, 0.6) is 0 Å². The van der Waals surface area contributed by atoms with E-state index < -0.39 is 15.6 Å². The molecular weight excluding hydrogens is 187 g/mol. The Morgan fingerprint density at radius 1 is 1.10 bits per heavy atom. The molecule has 1 N–H and O–H groups in total. The van der Waals surface area contributed by atoms with Gasteiger partial charge in [0.25, 0.3) is 0 Å². The zero-order valence-corrected chi connectivity index (χ0v) is 4.94. The van der Waals surface area contributed by atoms with E-state index in [0.717, 1.165) is 0 Å². The number of rotatable bonds is 0. The molecule has 0 aliphatic heterocycles. The van der Waals surface area contributed by atoms with Crippen molar-refractivity contribution >= 4 is 10.1 Å². The van der Waals surface area contributed by atoms with Crippen molar-refractivity contribution in [1.29, 1.82) is 0 Å². The summed E-state index contributed by atoms with van der Waals surface area (Å²) in [4.78, 5) is 0. The fourth-order valence-corrected chi connectivity index (χ4v) is 0. The average Bonchev–Trinajstić information content (AvgIpc) is 1.25. The minimum atomic E-state index is -5.84. The van der Waals surface area contributed by atoms with E-state index in [0.29, 0.717) is 0 Å². The summed E-state index contributed by atoms with van der Waals surface area (Å²) in [7, 11) is -5.84. The third kappa shape index (κ3) is 4.44. The minimum Gasteiger partial charge on any atom is -0.279 e. The van der Waals surface area contributed by atoms with Crippen LogP contribution in [0.25, 0.3) is 0 Å². The van der Waals surface area contributed by atoms with Gasteiger partial charge in [-0.05, 0) is 0 Å². The van der Waals surface area contributed by atoms with E-state index >= 15 is 0 Å². The molecule has 0 saturated carbocycles. The lowest BCUT2D eigenvalue weighted by molar-refractivity contribution is -0.0510. The van der Waals surface area contributed by atoms with Crippen LogP contribution in [-0.2, 0) is 10.1 Å². The smallest absolute Gasteiger partial charge is 0.279 e. The predicted octanol–water partition coefficient (Wildman–Crippen LogP) is 0.699. The van der Waals surface area contributed by atoms with Gasteiger partial charge in [0.2, 0.25) is 0 Å². The van der Waals surface area contributed by atoms with E-state index in [1.165, 1.54) is 0 Å². The van der Waals surface area contributed by atoms with E-state index in [9.17, 15) is 13.2 Å². The SMILES string of the molecule is F.F.O=S(=O)(O)C(F)(F)F. The van der Waals surface area contributed by atoms with E-state index in [2.05, 4.69) is 0 Å². The summed E-state index contributed by atoms with van der Waals surface area (Å²) in [6.07, 6.45) is 0. The molecule has 0 saturated heterocycles. The molecule has 0 rings (SSSR count). The molecule has 0 aromatic heterocycles. The lowest BCUT2D eigenvalue weighted by Crippen LogP contribution is -2.21. The zero-order chi connectivity index (χ0) is 7.00. The maximum Gasteiger partial charge on any atom is 0.522 e. The second-order valence-corrected chi connectivity index (χ2v) is 2.33. The maximum atomic E-state index is 10.7. The summed E-state index contributed by atoms with van der Waals surface area (Å²) in [5.41, 5.74) is -5.53. The summed E-state index contributed by atoms with van der Waals surface area (Å²) in [6, 6.07) is 0. The molecule has 66 valence electrons. The van der Waals surface area contributed by atoms with Crippen LogP contribution in [0.3, 0.4) is 0 Å². The summed E-state index contributed by atoms with van der Waals surface area (Å²) >= 11 is 0. The second kappa shape index (κ2) is 3.66. The fourth-order valence-electron chi connectivity index (χ4n) is 0. The Morgan fingerprint density at radius 2 is 1.20 bits per heavy atom. The molecule has 0 unspecified atom stereocenters. The first kappa shape index (κ1) is 16.3. The Hall–Kier alpha value is -0.440. The second-order valence-electron chi connectivity index (χ2n) is 0.921. The van der Waals surface area contributed by atoms with Gasteiger partial charge in [-0.25, -0.2) is 0 Å².